The molecule has 4 rings (SSSR count). The zero-order valence-electron chi connectivity index (χ0n) is 16.2. The number of urea groups is 1. The number of nitriles is 1. The molecule has 2 heterocycles. The first-order chi connectivity index (χ1) is 14.6. The van der Waals surface area contributed by atoms with Crippen LogP contribution in [0.25, 0.3) is 11.3 Å². The first-order valence-electron chi connectivity index (χ1n) is 9.61. The molecule has 2 amide bonds. The number of oxazole rings is 1. The summed E-state index contributed by atoms with van der Waals surface area (Å²) in [5, 5.41) is 11.7. The second-order valence-electron chi connectivity index (χ2n) is 6.90. The molecule has 1 N–H and O–H groups in total. The Balaban J connectivity index is 1.29. The number of benzene rings is 2. The quantitative estimate of drug-likeness (QED) is 0.719. The maximum Gasteiger partial charge on any atom is 0.317 e. The molecule has 2 aromatic carbocycles. The van der Waals surface area contributed by atoms with Gasteiger partial charge in [-0.3, -0.25) is 0 Å². The van der Waals surface area contributed by atoms with E-state index in [-0.39, 0.29) is 18.1 Å². The number of nitrogens with one attached hydrogen (secondary N) is 1. The summed E-state index contributed by atoms with van der Waals surface area (Å²) < 4.78 is 19.9. The number of rotatable bonds is 4. The molecule has 1 aromatic heterocycles. The van der Waals surface area contributed by atoms with Crippen molar-refractivity contribution in [1.29, 1.82) is 5.26 Å². The zero-order valence-corrected chi connectivity index (χ0v) is 16.2. The fourth-order valence-corrected chi connectivity index (χ4v) is 3.37. The Morgan fingerprint density at radius 1 is 1.17 bits per heavy atom. The van der Waals surface area contributed by atoms with Gasteiger partial charge < -0.3 is 19.5 Å². The molecule has 0 bridgehead atoms. The summed E-state index contributed by atoms with van der Waals surface area (Å²) in [7, 11) is 0. The van der Waals surface area contributed by atoms with Crippen LogP contribution in [0.3, 0.4) is 0 Å². The second kappa shape index (κ2) is 8.66. The molecule has 0 unspecified atom stereocenters. The molecule has 30 heavy (non-hydrogen) atoms. The Kier molecular flexibility index (Phi) is 5.61. The van der Waals surface area contributed by atoms with E-state index in [1.807, 2.05) is 41.3 Å². The lowest BCUT2D eigenvalue weighted by atomic mass is 10.2. The number of carbonyl (C=O) groups is 1. The van der Waals surface area contributed by atoms with Crippen LogP contribution in [-0.2, 0) is 6.54 Å². The van der Waals surface area contributed by atoms with E-state index in [0.29, 0.717) is 43.5 Å². The van der Waals surface area contributed by atoms with E-state index >= 15 is 0 Å². The van der Waals surface area contributed by atoms with Crippen molar-refractivity contribution >= 4 is 11.7 Å². The highest BCUT2D eigenvalue weighted by Gasteiger charge is 2.23. The van der Waals surface area contributed by atoms with Crippen molar-refractivity contribution in [3.05, 3.63) is 72.0 Å². The average molecular weight is 405 g/mol. The summed E-state index contributed by atoms with van der Waals surface area (Å²) in [6.07, 6.45) is 1.64. The smallest absolute Gasteiger partial charge is 0.317 e. The highest BCUT2D eigenvalue weighted by Crippen LogP contribution is 2.22. The fourth-order valence-electron chi connectivity index (χ4n) is 3.37. The first-order valence-corrected chi connectivity index (χ1v) is 9.61. The summed E-state index contributed by atoms with van der Waals surface area (Å²) in [5.74, 6) is 0.656. The standard InChI is InChI=1S/C22H20FN5O2/c23-18-12-16(13-24)6-7-19(18)27-8-10-28(11-9-27)22(29)26-15-21-25-14-20(30-21)17-4-2-1-3-5-17/h1-7,12,14H,8-11,15H2,(H,26,29). The zero-order chi connectivity index (χ0) is 20.9. The van der Waals surface area contributed by atoms with Crippen molar-refractivity contribution in [3.63, 3.8) is 0 Å². The van der Waals surface area contributed by atoms with Gasteiger partial charge in [0.2, 0.25) is 5.89 Å². The minimum Gasteiger partial charge on any atom is -0.439 e. The predicted octanol–water partition coefficient (Wildman–Crippen LogP) is 3.38. The van der Waals surface area contributed by atoms with Crippen LogP contribution >= 0.6 is 0 Å². The Bertz CT molecular complexity index is 1070. The van der Waals surface area contributed by atoms with Crippen LogP contribution in [0.15, 0.2) is 59.1 Å². The summed E-state index contributed by atoms with van der Waals surface area (Å²) >= 11 is 0. The summed E-state index contributed by atoms with van der Waals surface area (Å²) in [6, 6.07) is 15.8. The van der Waals surface area contributed by atoms with Gasteiger partial charge >= 0.3 is 6.03 Å². The first kappa shape index (κ1) is 19.5. The van der Waals surface area contributed by atoms with Crippen molar-refractivity contribution in [2.24, 2.45) is 0 Å². The van der Waals surface area contributed by atoms with E-state index in [4.69, 9.17) is 9.68 Å². The van der Waals surface area contributed by atoms with Gasteiger partial charge in [0.05, 0.1) is 30.1 Å². The topological polar surface area (TPSA) is 85.4 Å². The summed E-state index contributed by atoms with van der Waals surface area (Å²) in [5.41, 5.74) is 1.66. The van der Waals surface area contributed by atoms with E-state index in [1.165, 1.54) is 6.07 Å². The number of amides is 2. The molecule has 0 atom stereocenters. The van der Waals surface area contributed by atoms with Gasteiger partial charge in [-0.2, -0.15) is 5.26 Å². The Labute approximate surface area is 173 Å². The van der Waals surface area contributed by atoms with Crippen LogP contribution in [-0.4, -0.2) is 42.1 Å². The molecule has 8 heteroatoms. The van der Waals surface area contributed by atoms with Gasteiger partial charge in [0.25, 0.3) is 0 Å². The molecule has 3 aromatic rings. The minimum atomic E-state index is -0.426. The number of anilines is 1. The minimum absolute atomic E-state index is 0.191. The van der Waals surface area contributed by atoms with Gasteiger partial charge in [-0.1, -0.05) is 30.3 Å². The third-order valence-electron chi connectivity index (χ3n) is 4.99. The predicted molar refractivity (Wildman–Crippen MR) is 109 cm³/mol. The Hall–Kier alpha value is -3.86. The van der Waals surface area contributed by atoms with Crippen LogP contribution in [0.4, 0.5) is 14.9 Å². The maximum absolute atomic E-state index is 14.2. The van der Waals surface area contributed by atoms with Gasteiger partial charge in [0, 0.05) is 31.7 Å². The fraction of sp³-hybridized carbons (Fsp3) is 0.227. The summed E-state index contributed by atoms with van der Waals surface area (Å²) in [6.45, 7) is 2.13. The Morgan fingerprint density at radius 3 is 2.63 bits per heavy atom. The lowest BCUT2D eigenvalue weighted by Crippen LogP contribution is -2.51. The van der Waals surface area contributed by atoms with E-state index in [2.05, 4.69) is 10.3 Å². The monoisotopic (exact) mass is 405 g/mol. The number of halogens is 1. The van der Waals surface area contributed by atoms with Crippen molar-refractivity contribution in [2.45, 2.75) is 6.54 Å². The lowest BCUT2D eigenvalue weighted by Gasteiger charge is -2.36. The van der Waals surface area contributed by atoms with Crippen LogP contribution in [0.5, 0.6) is 0 Å². The molecule has 1 saturated heterocycles. The highest BCUT2D eigenvalue weighted by molar-refractivity contribution is 5.74. The molecule has 7 nitrogen and oxygen atoms in total. The highest BCUT2D eigenvalue weighted by atomic mass is 19.1. The number of aromatic nitrogens is 1. The van der Waals surface area contributed by atoms with Gasteiger partial charge in [0.1, 0.15) is 5.82 Å². The van der Waals surface area contributed by atoms with Crippen molar-refractivity contribution in [2.75, 3.05) is 31.1 Å². The normalized spacial score (nSPS) is 13.7. The third kappa shape index (κ3) is 4.25. The van der Waals surface area contributed by atoms with Gasteiger partial charge in [-0.25, -0.2) is 14.2 Å². The van der Waals surface area contributed by atoms with Crippen molar-refractivity contribution in [3.8, 4) is 17.4 Å². The van der Waals surface area contributed by atoms with Gasteiger partial charge in [-0.15, -0.1) is 0 Å². The lowest BCUT2D eigenvalue weighted by molar-refractivity contribution is 0.192. The SMILES string of the molecule is N#Cc1ccc(N2CCN(C(=O)NCc3ncc(-c4ccccc4)o3)CC2)c(F)c1. The van der Waals surface area contributed by atoms with E-state index < -0.39 is 5.82 Å². The maximum atomic E-state index is 14.2. The molecule has 152 valence electrons. The van der Waals surface area contributed by atoms with Crippen LogP contribution < -0.4 is 10.2 Å². The summed E-state index contributed by atoms with van der Waals surface area (Å²) in [4.78, 5) is 20.2. The average Bonchev–Trinajstić information content (AvgIpc) is 3.27. The molecule has 0 spiro atoms. The molecule has 1 aliphatic rings. The molecular weight excluding hydrogens is 385 g/mol. The molecular formula is C22H20FN5O2. The number of piperazine rings is 1. The van der Waals surface area contributed by atoms with E-state index in [9.17, 15) is 9.18 Å². The van der Waals surface area contributed by atoms with Gasteiger partial charge in [0.15, 0.2) is 5.76 Å². The van der Waals surface area contributed by atoms with E-state index in [1.54, 1.807) is 23.2 Å². The van der Waals surface area contributed by atoms with E-state index in [0.717, 1.165) is 5.56 Å². The Morgan fingerprint density at radius 2 is 1.93 bits per heavy atom. The molecule has 0 saturated carbocycles. The molecule has 1 fully saturated rings. The largest absolute Gasteiger partial charge is 0.439 e. The number of carbonyl (C=O) groups excluding carboxylic acids is 1. The molecule has 0 aliphatic carbocycles. The van der Waals surface area contributed by atoms with Gasteiger partial charge in [-0.05, 0) is 18.2 Å². The van der Waals surface area contributed by atoms with Crippen LogP contribution in [0.2, 0.25) is 0 Å². The third-order valence-corrected chi connectivity index (χ3v) is 4.99. The number of hydrogen-bond acceptors (Lipinski definition) is 5. The molecule has 0 radical (unpaired) electrons. The van der Waals surface area contributed by atoms with Crippen molar-refractivity contribution < 1.29 is 13.6 Å². The van der Waals surface area contributed by atoms with Crippen LogP contribution in [0.1, 0.15) is 11.5 Å². The second-order valence-corrected chi connectivity index (χ2v) is 6.90. The number of nitrogens with zero attached hydrogens (tertiary/aromatic N) is 4. The molecule has 1 aliphatic heterocycles. The number of hydrogen-bond donors (Lipinski definition) is 1. The van der Waals surface area contributed by atoms with Crippen LogP contribution in [0, 0.1) is 17.1 Å². The van der Waals surface area contributed by atoms with Crippen molar-refractivity contribution in [1.82, 2.24) is 15.2 Å².